The van der Waals surface area contributed by atoms with Crippen molar-refractivity contribution in [2.75, 3.05) is 19.9 Å². The first-order valence-electron chi connectivity index (χ1n) is 16.0. The summed E-state index contributed by atoms with van der Waals surface area (Å²) in [4.78, 5) is 30.4. The van der Waals surface area contributed by atoms with Crippen molar-refractivity contribution in [2.24, 2.45) is 0 Å². The van der Waals surface area contributed by atoms with E-state index in [2.05, 4.69) is 13.8 Å². The van der Waals surface area contributed by atoms with Gasteiger partial charge in [-0.1, -0.05) is 117 Å². The smallest absolute Gasteiger partial charge is 0.411 e. The number of carbonyl (C=O) groups is 2. The lowest BCUT2D eigenvalue weighted by molar-refractivity contribution is 0.0177. The number of hydrogen-bond donors (Lipinski definition) is 0. The molecule has 6 heteroatoms. The second-order valence-electron chi connectivity index (χ2n) is 11.4. The van der Waals surface area contributed by atoms with Gasteiger partial charge in [-0.05, 0) is 38.5 Å². The van der Waals surface area contributed by atoms with Crippen molar-refractivity contribution >= 4 is 12.2 Å². The molecular formula is C31H58N2O4. The number of ether oxygens (including phenoxy) is 2. The van der Waals surface area contributed by atoms with E-state index < -0.39 is 0 Å². The molecule has 0 bridgehead atoms. The van der Waals surface area contributed by atoms with Crippen molar-refractivity contribution in [3.63, 3.8) is 0 Å². The predicted molar refractivity (Wildman–Crippen MR) is 152 cm³/mol. The molecule has 2 fully saturated rings. The van der Waals surface area contributed by atoms with E-state index in [9.17, 15) is 9.59 Å². The first-order chi connectivity index (χ1) is 18.2. The fraction of sp³-hybridized carbons (Fsp3) is 0.935. The van der Waals surface area contributed by atoms with E-state index in [0.717, 1.165) is 77.0 Å². The largest absolute Gasteiger partial charge is 0.449 e. The SMILES string of the molecule is CCCCCCCCOC(=O)N(CN(C(=O)OCCCCCCCC)C1CCCCC1)C1CCCCC1. The monoisotopic (exact) mass is 522 g/mol. The molecule has 0 aromatic rings. The molecule has 0 radical (unpaired) electrons. The fourth-order valence-electron chi connectivity index (χ4n) is 5.84. The highest BCUT2D eigenvalue weighted by Crippen LogP contribution is 2.27. The molecule has 2 aliphatic carbocycles. The zero-order valence-electron chi connectivity index (χ0n) is 24.4. The lowest BCUT2D eigenvalue weighted by Crippen LogP contribution is -2.53. The summed E-state index contributed by atoms with van der Waals surface area (Å²) in [5.41, 5.74) is 0. The second-order valence-corrected chi connectivity index (χ2v) is 11.4. The van der Waals surface area contributed by atoms with Crippen LogP contribution < -0.4 is 0 Å². The highest BCUT2D eigenvalue weighted by atomic mass is 16.6. The van der Waals surface area contributed by atoms with Gasteiger partial charge < -0.3 is 9.47 Å². The third-order valence-electron chi connectivity index (χ3n) is 8.25. The summed E-state index contributed by atoms with van der Waals surface area (Å²) in [5.74, 6) is 0. The molecule has 0 N–H and O–H groups in total. The number of rotatable bonds is 18. The van der Waals surface area contributed by atoms with Gasteiger partial charge in [-0.25, -0.2) is 9.59 Å². The number of hydrogen-bond acceptors (Lipinski definition) is 4. The van der Waals surface area contributed by atoms with E-state index in [-0.39, 0.29) is 24.3 Å². The number of carbonyl (C=O) groups excluding carboxylic acids is 2. The highest BCUT2D eigenvalue weighted by Gasteiger charge is 2.34. The van der Waals surface area contributed by atoms with Crippen molar-refractivity contribution in [2.45, 2.75) is 167 Å². The van der Waals surface area contributed by atoms with Crippen LogP contribution in [0.15, 0.2) is 0 Å². The van der Waals surface area contributed by atoms with Gasteiger partial charge in [0.15, 0.2) is 0 Å². The maximum atomic E-state index is 13.3. The second kappa shape index (κ2) is 20.5. The first-order valence-corrected chi connectivity index (χ1v) is 16.0. The van der Waals surface area contributed by atoms with Crippen molar-refractivity contribution in [3.05, 3.63) is 0 Å². The van der Waals surface area contributed by atoms with Gasteiger partial charge in [0.2, 0.25) is 0 Å². The van der Waals surface area contributed by atoms with Gasteiger partial charge in [0.25, 0.3) is 0 Å². The predicted octanol–water partition coefficient (Wildman–Crippen LogP) is 9.21. The Labute approximate surface area is 228 Å². The molecular weight excluding hydrogens is 464 g/mol. The topological polar surface area (TPSA) is 59.1 Å². The summed E-state index contributed by atoms with van der Waals surface area (Å²) in [6.45, 7) is 5.70. The van der Waals surface area contributed by atoms with Gasteiger partial charge in [0, 0.05) is 12.1 Å². The zero-order valence-corrected chi connectivity index (χ0v) is 24.4. The molecule has 2 aliphatic rings. The summed E-state index contributed by atoms with van der Waals surface area (Å²) in [6.07, 6.45) is 24.5. The molecule has 37 heavy (non-hydrogen) atoms. The van der Waals surface area contributed by atoms with Gasteiger partial charge in [0.1, 0.15) is 6.67 Å². The van der Waals surface area contributed by atoms with Crippen LogP contribution in [0.4, 0.5) is 9.59 Å². The minimum absolute atomic E-state index is 0.156. The van der Waals surface area contributed by atoms with E-state index in [1.807, 2.05) is 9.80 Å². The van der Waals surface area contributed by atoms with Gasteiger partial charge in [-0.3, -0.25) is 9.80 Å². The zero-order chi connectivity index (χ0) is 26.6. The molecule has 0 aromatic heterocycles. The molecule has 2 amide bonds. The summed E-state index contributed by atoms with van der Waals surface area (Å²) in [6, 6.07) is 0.312. The maximum absolute atomic E-state index is 13.3. The lowest BCUT2D eigenvalue weighted by Gasteiger charge is -2.40. The Balaban J connectivity index is 1.94. The molecule has 0 aliphatic heterocycles. The van der Waals surface area contributed by atoms with Crippen LogP contribution in [0.1, 0.15) is 155 Å². The van der Waals surface area contributed by atoms with E-state index in [0.29, 0.717) is 19.9 Å². The van der Waals surface area contributed by atoms with Crippen LogP contribution >= 0.6 is 0 Å². The Morgan fingerprint density at radius 3 is 1.27 bits per heavy atom. The standard InChI is InChI=1S/C31H58N2O4/c1-3-5-7-9-11-19-25-36-30(34)32(28-21-15-13-16-22-28)27-33(29-23-17-14-18-24-29)31(35)37-26-20-12-10-8-6-4-2/h28-29H,3-27H2,1-2H3. The molecule has 2 rings (SSSR count). The Morgan fingerprint density at radius 2 is 0.892 bits per heavy atom. The van der Waals surface area contributed by atoms with Gasteiger partial charge in [0.05, 0.1) is 13.2 Å². The average molecular weight is 523 g/mol. The highest BCUT2D eigenvalue weighted by molar-refractivity contribution is 5.71. The molecule has 0 aromatic carbocycles. The fourth-order valence-corrected chi connectivity index (χ4v) is 5.84. The molecule has 2 saturated carbocycles. The van der Waals surface area contributed by atoms with Gasteiger partial charge in [-0.2, -0.15) is 0 Å². The molecule has 6 nitrogen and oxygen atoms in total. The number of unbranched alkanes of at least 4 members (excludes halogenated alkanes) is 10. The maximum Gasteiger partial charge on any atom is 0.411 e. The minimum Gasteiger partial charge on any atom is -0.449 e. The molecule has 0 saturated heterocycles. The summed E-state index contributed by atoms with van der Waals surface area (Å²) in [5, 5.41) is 0. The molecule has 0 atom stereocenters. The van der Waals surface area contributed by atoms with Crippen molar-refractivity contribution in [1.82, 2.24) is 9.80 Å². The van der Waals surface area contributed by atoms with Crippen LogP contribution in [0.2, 0.25) is 0 Å². The molecule has 0 heterocycles. The lowest BCUT2D eigenvalue weighted by atomic mass is 9.93. The third-order valence-corrected chi connectivity index (χ3v) is 8.25. The molecule has 0 unspecified atom stereocenters. The van der Waals surface area contributed by atoms with E-state index in [4.69, 9.17) is 9.47 Å². The van der Waals surface area contributed by atoms with Crippen LogP contribution in [0.25, 0.3) is 0 Å². The van der Waals surface area contributed by atoms with E-state index in [1.54, 1.807) is 0 Å². The number of nitrogens with zero attached hydrogens (tertiary/aromatic N) is 2. The Bertz CT molecular complexity index is 538. The molecule has 216 valence electrons. The average Bonchev–Trinajstić information content (AvgIpc) is 2.93. The number of amides is 2. The van der Waals surface area contributed by atoms with Crippen LogP contribution in [0.3, 0.4) is 0 Å². The van der Waals surface area contributed by atoms with Gasteiger partial charge in [-0.15, -0.1) is 0 Å². The summed E-state index contributed by atoms with van der Waals surface area (Å²) < 4.78 is 11.6. The van der Waals surface area contributed by atoms with Crippen molar-refractivity contribution < 1.29 is 19.1 Å². The van der Waals surface area contributed by atoms with E-state index in [1.165, 1.54) is 64.2 Å². The van der Waals surface area contributed by atoms with Crippen molar-refractivity contribution in [1.29, 1.82) is 0 Å². The summed E-state index contributed by atoms with van der Waals surface area (Å²) in [7, 11) is 0. The quantitative estimate of drug-likeness (QED) is 0.133. The van der Waals surface area contributed by atoms with Crippen LogP contribution in [-0.4, -0.2) is 54.0 Å². The van der Waals surface area contributed by atoms with Crippen LogP contribution in [-0.2, 0) is 9.47 Å². The van der Waals surface area contributed by atoms with Crippen LogP contribution in [0, 0.1) is 0 Å². The van der Waals surface area contributed by atoms with Gasteiger partial charge >= 0.3 is 12.2 Å². The Kier molecular flexibility index (Phi) is 17.6. The normalized spacial score (nSPS) is 16.9. The first kappa shape index (κ1) is 31.8. The third kappa shape index (κ3) is 13.2. The summed E-state index contributed by atoms with van der Waals surface area (Å²) >= 11 is 0. The van der Waals surface area contributed by atoms with Crippen LogP contribution in [0.5, 0.6) is 0 Å². The van der Waals surface area contributed by atoms with Crippen molar-refractivity contribution in [3.8, 4) is 0 Å². The minimum atomic E-state index is -0.245. The Hall–Kier alpha value is -1.46. The Morgan fingerprint density at radius 1 is 0.541 bits per heavy atom. The molecule has 0 spiro atoms. The van der Waals surface area contributed by atoms with E-state index >= 15 is 0 Å².